The van der Waals surface area contributed by atoms with Crippen LogP contribution in [-0.4, -0.2) is 133 Å². The topological polar surface area (TPSA) is 148 Å². The molecule has 0 radical (unpaired) electrons. The van der Waals surface area contributed by atoms with Crippen molar-refractivity contribution in [1.29, 1.82) is 5.26 Å². The lowest BCUT2D eigenvalue weighted by Crippen LogP contribution is -2.54. The molecule has 2 aromatic carbocycles. The minimum absolute atomic E-state index is 0.0365. The van der Waals surface area contributed by atoms with Crippen LogP contribution < -0.4 is 25.3 Å². The van der Waals surface area contributed by atoms with Gasteiger partial charge in [-0.25, -0.2) is 9.37 Å². The van der Waals surface area contributed by atoms with Gasteiger partial charge in [-0.15, -0.1) is 0 Å². The Morgan fingerprint density at radius 2 is 1.46 bits per heavy atom. The summed E-state index contributed by atoms with van der Waals surface area (Å²) in [4.78, 5) is 67.9. The molecule has 14 nitrogen and oxygen atoms in total. The third kappa shape index (κ3) is 9.49. The zero-order chi connectivity index (χ0) is 45.5. The van der Waals surface area contributed by atoms with Crippen LogP contribution in [0.3, 0.4) is 0 Å². The fraction of sp³-hybridized carbons (Fsp3) is 0.532. The number of anilines is 4. The number of hydrogen-bond donors (Lipinski definition) is 2. The maximum absolute atomic E-state index is 15.8. The van der Waals surface area contributed by atoms with E-state index in [1.54, 1.807) is 28.1 Å². The first kappa shape index (κ1) is 44.4. The van der Waals surface area contributed by atoms with Gasteiger partial charge in [0.05, 0.1) is 29.1 Å². The van der Waals surface area contributed by atoms with Crippen LogP contribution in [0.4, 0.5) is 40.4 Å². The zero-order valence-corrected chi connectivity index (χ0v) is 36.3. The molecule has 6 aliphatic heterocycles. The van der Waals surface area contributed by atoms with E-state index in [9.17, 15) is 32.3 Å². The Kier molecular flexibility index (Phi) is 12.5. The first-order valence-electron chi connectivity index (χ1n) is 22.8. The standard InChI is InChI=1S/C47H54F4N10O4/c48-46(13-19-59(20-14-46)36-2-1-32(27-52)39(26-36)47(49,50)51)45(65)54-41-7-4-37(28-53-41)58-15-9-31(10-16-58)29-56-21-23-60(24-22-56)34-11-17-57(18-12-34)35-3-5-38-33(25-35)30-61(44(38)64)40-6-8-42(62)55-43(40)63/h1-5,7,25-26,28,31,34,40H,6,8-24,29-30H2,(H,53,54,65)(H,55,62,63). The fourth-order valence-electron chi connectivity index (χ4n) is 10.6. The quantitative estimate of drug-likeness (QED) is 0.216. The monoisotopic (exact) mass is 898 g/mol. The van der Waals surface area contributed by atoms with E-state index in [2.05, 4.69) is 41.3 Å². The number of nitriles is 1. The average molecular weight is 899 g/mol. The summed E-state index contributed by atoms with van der Waals surface area (Å²) in [6.07, 6.45) is 1.46. The molecule has 5 saturated heterocycles. The van der Waals surface area contributed by atoms with Crippen molar-refractivity contribution in [3.63, 3.8) is 0 Å². The van der Waals surface area contributed by atoms with Crippen molar-refractivity contribution >= 4 is 46.5 Å². The van der Waals surface area contributed by atoms with Gasteiger partial charge in [0.25, 0.3) is 11.8 Å². The second-order valence-corrected chi connectivity index (χ2v) is 18.4. The molecule has 7 heterocycles. The molecule has 1 aromatic heterocycles. The van der Waals surface area contributed by atoms with E-state index in [1.165, 1.54) is 6.07 Å². The lowest BCUT2D eigenvalue weighted by molar-refractivity contribution is -0.138. The van der Waals surface area contributed by atoms with Crippen LogP contribution in [-0.2, 0) is 27.1 Å². The Hall–Kier alpha value is -5.80. The number of hydrogen-bond acceptors (Lipinski definition) is 11. The van der Waals surface area contributed by atoms with Crippen LogP contribution in [0.2, 0.25) is 0 Å². The summed E-state index contributed by atoms with van der Waals surface area (Å²) in [6, 6.07) is 14.5. The summed E-state index contributed by atoms with van der Waals surface area (Å²) >= 11 is 0. The number of carbonyl (C=O) groups is 4. The minimum atomic E-state index is -4.70. The molecule has 1 atom stereocenters. The van der Waals surface area contributed by atoms with Gasteiger partial charge in [0.2, 0.25) is 11.8 Å². The molecule has 0 aliphatic carbocycles. The van der Waals surface area contributed by atoms with Crippen LogP contribution in [0.5, 0.6) is 0 Å². The highest BCUT2D eigenvalue weighted by Crippen LogP contribution is 2.37. The lowest BCUT2D eigenvalue weighted by atomic mass is 9.91. The van der Waals surface area contributed by atoms with Gasteiger partial charge in [-0.1, -0.05) is 0 Å². The normalized spacial score (nSPS) is 22.8. The van der Waals surface area contributed by atoms with Crippen LogP contribution in [0.15, 0.2) is 54.7 Å². The van der Waals surface area contributed by atoms with E-state index in [0.29, 0.717) is 30.5 Å². The summed E-state index contributed by atoms with van der Waals surface area (Å²) in [5.41, 5.74) is 0.121. The molecule has 65 heavy (non-hydrogen) atoms. The summed E-state index contributed by atoms with van der Waals surface area (Å²) in [6.45, 7) is 9.43. The number of amides is 4. The van der Waals surface area contributed by atoms with E-state index in [4.69, 9.17) is 5.26 Å². The van der Waals surface area contributed by atoms with Gasteiger partial charge in [0.15, 0.2) is 5.67 Å². The smallest absolute Gasteiger partial charge is 0.371 e. The fourth-order valence-corrected chi connectivity index (χ4v) is 10.6. The summed E-state index contributed by atoms with van der Waals surface area (Å²) in [5.74, 6) is -0.820. The molecule has 4 amide bonds. The number of pyridine rings is 1. The van der Waals surface area contributed by atoms with Crippen molar-refractivity contribution in [2.45, 2.75) is 81.8 Å². The molecule has 6 aliphatic rings. The van der Waals surface area contributed by atoms with Crippen molar-refractivity contribution in [2.75, 3.05) is 92.0 Å². The summed E-state index contributed by atoms with van der Waals surface area (Å²) in [5, 5.41) is 14.1. The first-order chi connectivity index (χ1) is 31.2. The first-order valence-corrected chi connectivity index (χ1v) is 22.8. The van der Waals surface area contributed by atoms with Gasteiger partial charge in [0, 0.05) is 121 Å². The molecule has 0 saturated carbocycles. The number of aromatic nitrogens is 1. The minimum Gasteiger partial charge on any atom is -0.371 e. The highest BCUT2D eigenvalue weighted by Gasteiger charge is 2.43. The van der Waals surface area contributed by atoms with Crippen LogP contribution >= 0.6 is 0 Å². The Morgan fingerprint density at radius 1 is 0.815 bits per heavy atom. The number of nitrogens with one attached hydrogen (secondary N) is 2. The molecule has 1 unspecified atom stereocenters. The Labute approximate surface area is 375 Å². The van der Waals surface area contributed by atoms with Gasteiger partial charge >= 0.3 is 6.18 Å². The number of fused-ring (bicyclic) bond motifs is 1. The van der Waals surface area contributed by atoms with Gasteiger partial charge in [0.1, 0.15) is 11.9 Å². The van der Waals surface area contributed by atoms with E-state index >= 15 is 4.39 Å². The Balaban J connectivity index is 0.676. The van der Waals surface area contributed by atoms with E-state index < -0.39 is 40.8 Å². The second kappa shape index (κ2) is 18.2. The second-order valence-electron chi connectivity index (χ2n) is 18.4. The molecule has 0 spiro atoms. The number of piperazine rings is 1. The van der Waals surface area contributed by atoms with Gasteiger partial charge in [-0.05, 0) is 92.1 Å². The van der Waals surface area contributed by atoms with Crippen LogP contribution in [0.1, 0.15) is 78.4 Å². The van der Waals surface area contributed by atoms with Crippen molar-refractivity contribution < 1.29 is 36.7 Å². The van der Waals surface area contributed by atoms with Crippen LogP contribution in [0.25, 0.3) is 0 Å². The number of piperidine rings is 4. The zero-order valence-electron chi connectivity index (χ0n) is 36.3. The summed E-state index contributed by atoms with van der Waals surface area (Å²) < 4.78 is 56.3. The molecule has 18 heteroatoms. The molecular formula is C47H54F4N10O4. The highest BCUT2D eigenvalue weighted by molar-refractivity contribution is 6.05. The SMILES string of the molecule is N#Cc1ccc(N2CCC(F)(C(=O)Nc3ccc(N4CCC(CN5CCN(C6CCN(c7ccc8c(c7)CN(C7CCC(=O)NC7=O)C8=O)CC6)CC5)CC4)cn3)CC2)cc1C(F)(F)F. The Bertz CT molecular complexity index is 2330. The largest absolute Gasteiger partial charge is 0.417 e. The third-order valence-corrected chi connectivity index (χ3v) is 14.5. The number of imide groups is 1. The molecule has 3 aromatic rings. The summed E-state index contributed by atoms with van der Waals surface area (Å²) in [7, 11) is 0. The van der Waals surface area contributed by atoms with Crippen molar-refractivity contribution in [2.24, 2.45) is 5.92 Å². The predicted octanol–water partition coefficient (Wildman–Crippen LogP) is 5.18. The molecule has 9 rings (SSSR count). The number of carbonyl (C=O) groups excluding carboxylic acids is 4. The van der Waals surface area contributed by atoms with Gasteiger partial charge < -0.3 is 29.8 Å². The Morgan fingerprint density at radius 3 is 2.12 bits per heavy atom. The predicted molar refractivity (Wildman–Crippen MR) is 235 cm³/mol. The number of rotatable bonds is 9. The third-order valence-electron chi connectivity index (χ3n) is 14.5. The van der Waals surface area contributed by atoms with Crippen molar-refractivity contribution in [3.05, 3.63) is 77.0 Å². The van der Waals surface area contributed by atoms with Gasteiger partial charge in [-0.3, -0.25) is 29.4 Å². The maximum Gasteiger partial charge on any atom is 0.417 e. The number of benzene rings is 2. The van der Waals surface area contributed by atoms with E-state index in [0.717, 1.165) is 114 Å². The molecule has 2 N–H and O–H groups in total. The number of alkyl halides is 4. The van der Waals surface area contributed by atoms with Gasteiger partial charge in [-0.2, -0.15) is 18.4 Å². The van der Waals surface area contributed by atoms with E-state index in [-0.39, 0.29) is 55.7 Å². The molecule has 0 bridgehead atoms. The van der Waals surface area contributed by atoms with E-state index in [1.807, 2.05) is 18.2 Å². The number of nitrogens with zero attached hydrogens (tertiary/aromatic N) is 8. The maximum atomic E-state index is 15.8. The average Bonchev–Trinajstić information content (AvgIpc) is 3.64. The molecular weight excluding hydrogens is 845 g/mol. The van der Waals surface area contributed by atoms with Crippen molar-refractivity contribution in [3.8, 4) is 6.07 Å². The van der Waals surface area contributed by atoms with Crippen molar-refractivity contribution in [1.82, 2.24) is 25.0 Å². The highest BCUT2D eigenvalue weighted by atomic mass is 19.4. The van der Waals surface area contributed by atoms with Crippen LogP contribution in [0, 0.1) is 17.2 Å². The lowest BCUT2D eigenvalue weighted by Gasteiger charge is -2.44. The molecule has 5 fully saturated rings. The number of halogens is 4. The molecule has 344 valence electrons.